The number of methoxy groups -OCH3 is 1. The summed E-state index contributed by atoms with van der Waals surface area (Å²) in [5.74, 6) is 0.476. The van der Waals surface area contributed by atoms with Gasteiger partial charge in [0.2, 0.25) is 0 Å². The van der Waals surface area contributed by atoms with Crippen LogP contribution in [0.5, 0.6) is 5.75 Å². The molecule has 122 valence electrons. The molecule has 0 amide bonds. The molecule has 1 aromatic carbocycles. The summed E-state index contributed by atoms with van der Waals surface area (Å²) in [4.78, 5) is 12.5. The molecule has 0 saturated heterocycles. The first-order chi connectivity index (χ1) is 10.7. The minimum atomic E-state index is -1.30. The Morgan fingerprint density at radius 1 is 1.22 bits per heavy atom. The molecule has 2 aliphatic rings. The Hall–Kier alpha value is -2.07. The lowest BCUT2D eigenvalue weighted by Crippen LogP contribution is -2.53. The molecule has 2 N–H and O–H groups in total. The second-order valence-corrected chi connectivity index (χ2v) is 6.96. The van der Waals surface area contributed by atoms with E-state index in [2.05, 4.69) is 0 Å². The Bertz CT molecular complexity index is 755. The zero-order valence-electron chi connectivity index (χ0n) is 13.9. The van der Waals surface area contributed by atoms with Crippen molar-refractivity contribution in [3.63, 3.8) is 0 Å². The molecule has 0 spiro atoms. The maximum absolute atomic E-state index is 12.5. The number of hydrogen-bond donors (Lipinski definition) is 2. The van der Waals surface area contributed by atoms with Gasteiger partial charge in [-0.15, -0.1) is 0 Å². The van der Waals surface area contributed by atoms with Gasteiger partial charge in [-0.3, -0.25) is 4.79 Å². The first-order valence-corrected chi connectivity index (χ1v) is 7.78. The largest absolute Gasteiger partial charge is 0.508 e. The number of aryl methyl sites for hydroxylation is 2. The molecular weight excluding hydrogens is 292 g/mol. The van der Waals surface area contributed by atoms with E-state index in [9.17, 15) is 15.0 Å². The molecule has 3 rings (SSSR count). The van der Waals surface area contributed by atoms with Gasteiger partial charge < -0.3 is 14.9 Å². The zero-order chi connectivity index (χ0) is 17.0. The highest BCUT2D eigenvalue weighted by Gasteiger charge is 2.54. The Balaban J connectivity index is 2.27. The van der Waals surface area contributed by atoms with Crippen molar-refractivity contribution in [2.24, 2.45) is 5.41 Å². The van der Waals surface area contributed by atoms with Crippen LogP contribution in [0.4, 0.5) is 0 Å². The van der Waals surface area contributed by atoms with Crippen LogP contribution in [0.3, 0.4) is 0 Å². The van der Waals surface area contributed by atoms with Crippen LogP contribution in [-0.2, 0) is 16.0 Å². The van der Waals surface area contributed by atoms with E-state index in [1.807, 2.05) is 19.1 Å². The van der Waals surface area contributed by atoms with Gasteiger partial charge in [0.05, 0.1) is 12.5 Å². The number of phenolic OH excluding ortho intramolecular Hbond substituents is 1. The monoisotopic (exact) mass is 314 g/mol. The number of aliphatic hydroxyl groups is 1. The minimum Gasteiger partial charge on any atom is -0.508 e. The normalized spacial score (nSPS) is 25.7. The number of carbonyl (C=O) groups excluding carboxylic acids is 1. The quantitative estimate of drug-likeness (QED) is 0.836. The smallest absolute Gasteiger partial charge is 0.168 e. The minimum absolute atomic E-state index is 0.140. The van der Waals surface area contributed by atoms with E-state index >= 15 is 0 Å². The predicted molar refractivity (Wildman–Crippen MR) is 88.0 cm³/mol. The Kier molecular flexibility index (Phi) is 3.41. The molecule has 0 aromatic heterocycles. The van der Waals surface area contributed by atoms with Gasteiger partial charge in [-0.2, -0.15) is 0 Å². The average molecular weight is 314 g/mol. The van der Waals surface area contributed by atoms with Gasteiger partial charge in [-0.1, -0.05) is 6.07 Å². The molecule has 1 aromatic rings. The van der Waals surface area contributed by atoms with Crippen molar-refractivity contribution in [3.05, 3.63) is 46.2 Å². The third kappa shape index (κ3) is 2.12. The third-order valence-electron chi connectivity index (χ3n) is 5.36. The van der Waals surface area contributed by atoms with Crippen molar-refractivity contribution in [1.82, 2.24) is 0 Å². The van der Waals surface area contributed by atoms with Crippen LogP contribution in [0, 0.1) is 12.3 Å². The average Bonchev–Trinajstić information content (AvgIpc) is 2.63. The summed E-state index contributed by atoms with van der Waals surface area (Å²) >= 11 is 0. The molecule has 0 aliphatic heterocycles. The number of phenols is 1. The second-order valence-electron chi connectivity index (χ2n) is 6.96. The molecule has 0 heterocycles. The molecule has 0 saturated carbocycles. The number of allylic oxidation sites excluding steroid dienone is 1. The van der Waals surface area contributed by atoms with Gasteiger partial charge in [-0.25, -0.2) is 0 Å². The zero-order valence-corrected chi connectivity index (χ0v) is 13.9. The lowest BCUT2D eigenvalue weighted by atomic mass is 9.62. The molecule has 0 unspecified atom stereocenters. The topological polar surface area (TPSA) is 66.8 Å². The van der Waals surface area contributed by atoms with Crippen LogP contribution in [-0.4, -0.2) is 28.7 Å². The van der Waals surface area contributed by atoms with Gasteiger partial charge in [0, 0.05) is 11.6 Å². The Labute approximate surface area is 136 Å². The van der Waals surface area contributed by atoms with Crippen molar-refractivity contribution in [2.75, 3.05) is 7.11 Å². The maximum atomic E-state index is 12.5. The molecule has 0 bridgehead atoms. The van der Waals surface area contributed by atoms with Crippen LogP contribution < -0.4 is 0 Å². The van der Waals surface area contributed by atoms with Crippen molar-refractivity contribution in [1.29, 1.82) is 0 Å². The van der Waals surface area contributed by atoms with Crippen LogP contribution in [0.2, 0.25) is 0 Å². The fourth-order valence-electron chi connectivity index (χ4n) is 3.52. The summed E-state index contributed by atoms with van der Waals surface area (Å²) in [5.41, 5.74) is 1.08. The molecule has 23 heavy (non-hydrogen) atoms. The summed E-state index contributed by atoms with van der Waals surface area (Å²) in [6.45, 7) is 5.39. The van der Waals surface area contributed by atoms with Gasteiger partial charge in [0.25, 0.3) is 0 Å². The molecule has 0 fully saturated rings. The third-order valence-corrected chi connectivity index (χ3v) is 5.36. The van der Waals surface area contributed by atoms with Gasteiger partial charge >= 0.3 is 0 Å². The van der Waals surface area contributed by atoms with Crippen molar-refractivity contribution in [3.8, 4) is 5.75 Å². The number of rotatable bonds is 1. The maximum Gasteiger partial charge on any atom is 0.168 e. The van der Waals surface area contributed by atoms with E-state index in [4.69, 9.17) is 4.74 Å². The fourth-order valence-corrected chi connectivity index (χ4v) is 3.52. The SMILES string of the molecule is COC1=CC(=O)C(C)(C)[C@@]2(O)CCc3cc(C)c(O)cc3C=C12. The van der Waals surface area contributed by atoms with Crippen LogP contribution in [0.25, 0.3) is 6.08 Å². The number of benzene rings is 1. The molecule has 4 nitrogen and oxygen atoms in total. The summed E-state index contributed by atoms with van der Waals surface area (Å²) in [6, 6.07) is 3.65. The number of carbonyl (C=O) groups is 1. The van der Waals surface area contributed by atoms with E-state index in [0.717, 1.165) is 16.7 Å². The molecule has 0 radical (unpaired) electrons. The standard InChI is InChI=1S/C19H22O4/c1-11-7-12-5-6-19(22)14(8-13(12)9-15(11)20)16(23-4)10-17(21)18(19,2)3/h7-10,20,22H,5-6H2,1-4H3/t19-/m1/s1. The highest BCUT2D eigenvalue weighted by atomic mass is 16.5. The van der Waals surface area contributed by atoms with E-state index < -0.39 is 11.0 Å². The van der Waals surface area contributed by atoms with E-state index in [1.165, 1.54) is 13.2 Å². The number of aromatic hydroxyl groups is 1. The summed E-state index contributed by atoms with van der Waals surface area (Å²) in [7, 11) is 1.50. The van der Waals surface area contributed by atoms with Gasteiger partial charge in [0.1, 0.15) is 17.1 Å². The Morgan fingerprint density at radius 3 is 2.57 bits per heavy atom. The lowest BCUT2D eigenvalue weighted by Gasteiger charge is -2.45. The second kappa shape index (κ2) is 4.96. The van der Waals surface area contributed by atoms with E-state index in [1.54, 1.807) is 19.9 Å². The predicted octanol–water partition coefficient (Wildman–Crippen LogP) is 2.90. The lowest BCUT2D eigenvalue weighted by molar-refractivity contribution is -0.137. The van der Waals surface area contributed by atoms with Crippen LogP contribution >= 0.6 is 0 Å². The van der Waals surface area contributed by atoms with Crippen LogP contribution in [0.1, 0.15) is 37.0 Å². The Morgan fingerprint density at radius 2 is 1.91 bits per heavy atom. The van der Waals surface area contributed by atoms with Gasteiger partial charge in [0.15, 0.2) is 5.78 Å². The van der Waals surface area contributed by atoms with Crippen molar-refractivity contribution in [2.45, 2.75) is 39.2 Å². The van der Waals surface area contributed by atoms with Gasteiger partial charge in [-0.05, 0) is 62.4 Å². The summed E-state index contributed by atoms with van der Waals surface area (Å²) in [6.07, 6.45) is 4.35. The highest BCUT2D eigenvalue weighted by molar-refractivity contribution is 5.99. The number of ketones is 1. The fraction of sp³-hybridized carbons (Fsp3) is 0.421. The van der Waals surface area contributed by atoms with Crippen molar-refractivity contribution < 1.29 is 19.7 Å². The number of ether oxygens (including phenoxy) is 1. The molecular formula is C19H22O4. The number of fused-ring (bicyclic) bond motifs is 2. The summed E-state index contributed by atoms with van der Waals surface area (Å²) in [5, 5.41) is 21.4. The van der Waals surface area contributed by atoms with Crippen molar-refractivity contribution >= 4 is 11.9 Å². The highest BCUT2D eigenvalue weighted by Crippen LogP contribution is 2.49. The number of hydrogen-bond acceptors (Lipinski definition) is 4. The van der Waals surface area contributed by atoms with Crippen LogP contribution in [0.15, 0.2) is 29.5 Å². The van der Waals surface area contributed by atoms with E-state index in [-0.39, 0.29) is 11.5 Å². The summed E-state index contributed by atoms with van der Waals surface area (Å²) < 4.78 is 5.36. The first kappa shape index (κ1) is 15.8. The first-order valence-electron chi connectivity index (χ1n) is 7.78. The molecule has 2 aliphatic carbocycles. The molecule has 4 heteroatoms. The molecule has 1 atom stereocenters. The van der Waals surface area contributed by atoms with E-state index in [0.29, 0.717) is 24.2 Å².